The molecule has 0 radical (unpaired) electrons. The summed E-state index contributed by atoms with van der Waals surface area (Å²) in [5.41, 5.74) is 0.804. The van der Waals surface area contributed by atoms with Crippen LogP contribution in [0.25, 0.3) is 11.1 Å². The zero-order valence-electron chi connectivity index (χ0n) is 12.8. The number of ether oxygens (including phenoxy) is 1. The smallest absolute Gasteiger partial charge is 0.137 e. The van der Waals surface area contributed by atoms with Crippen LogP contribution in [0.3, 0.4) is 0 Å². The Labute approximate surface area is 123 Å². The zero-order chi connectivity index (χ0) is 15.8. The molecule has 0 aliphatic carbocycles. The average Bonchev–Trinajstić information content (AvgIpc) is 2.29. The molecule has 2 rings (SSSR count). The zero-order valence-corrected chi connectivity index (χ0v) is 12.8. The van der Waals surface area contributed by atoms with Crippen molar-refractivity contribution in [3.63, 3.8) is 0 Å². The van der Waals surface area contributed by atoms with E-state index in [9.17, 15) is 8.78 Å². The predicted octanol–water partition coefficient (Wildman–Crippen LogP) is 4.22. The largest absolute Gasteiger partial charge is 0.488 e. The summed E-state index contributed by atoms with van der Waals surface area (Å²) in [4.78, 5) is 8.01. The van der Waals surface area contributed by atoms with E-state index in [1.807, 2.05) is 20.8 Å². The van der Waals surface area contributed by atoms with E-state index in [1.54, 1.807) is 13.8 Å². The molecule has 1 aromatic carbocycles. The lowest BCUT2D eigenvalue weighted by Crippen LogP contribution is -2.23. The van der Waals surface area contributed by atoms with E-state index in [1.165, 1.54) is 18.5 Å². The molecule has 0 N–H and O–H groups in total. The number of rotatable bonds is 2. The molecule has 0 saturated carbocycles. The van der Waals surface area contributed by atoms with Crippen LogP contribution in [0.1, 0.15) is 32.2 Å². The standard InChI is InChI=1S/C16H18F2N2O/c1-9-14(10(2)20-8-19-9)15-12(17)6-11(7-13(15)18)21-16(3,4)5/h6-8H,1-5H3. The highest BCUT2D eigenvalue weighted by Gasteiger charge is 2.20. The first-order chi connectivity index (χ1) is 9.69. The van der Waals surface area contributed by atoms with Gasteiger partial charge in [-0.15, -0.1) is 0 Å². The van der Waals surface area contributed by atoms with Crippen LogP contribution in [0.4, 0.5) is 8.78 Å². The summed E-state index contributed by atoms with van der Waals surface area (Å²) >= 11 is 0. The van der Waals surface area contributed by atoms with Crippen molar-refractivity contribution in [3.05, 3.63) is 41.5 Å². The predicted molar refractivity (Wildman–Crippen MR) is 77.2 cm³/mol. The fourth-order valence-electron chi connectivity index (χ4n) is 2.16. The van der Waals surface area contributed by atoms with Gasteiger partial charge in [0.2, 0.25) is 0 Å². The summed E-state index contributed by atoms with van der Waals surface area (Å²) in [6, 6.07) is 2.38. The van der Waals surface area contributed by atoms with Crippen LogP contribution in [0.5, 0.6) is 5.75 Å². The van der Waals surface area contributed by atoms with Gasteiger partial charge in [0, 0.05) is 29.1 Å². The van der Waals surface area contributed by atoms with Crippen molar-refractivity contribution < 1.29 is 13.5 Å². The summed E-state index contributed by atoms with van der Waals surface area (Å²) in [5.74, 6) is -1.21. The lowest BCUT2D eigenvalue weighted by atomic mass is 10.0. The van der Waals surface area contributed by atoms with Crippen molar-refractivity contribution in [3.8, 4) is 16.9 Å². The van der Waals surface area contributed by atoms with Gasteiger partial charge in [0.15, 0.2) is 0 Å². The quantitative estimate of drug-likeness (QED) is 0.831. The van der Waals surface area contributed by atoms with Crippen LogP contribution in [-0.2, 0) is 0 Å². The Morgan fingerprint density at radius 3 is 1.81 bits per heavy atom. The minimum Gasteiger partial charge on any atom is -0.488 e. The van der Waals surface area contributed by atoms with E-state index >= 15 is 0 Å². The molecule has 3 nitrogen and oxygen atoms in total. The molecule has 0 unspecified atom stereocenters. The third-order valence-corrected chi connectivity index (χ3v) is 2.92. The molecule has 0 saturated heterocycles. The number of aryl methyl sites for hydroxylation is 2. The van der Waals surface area contributed by atoms with E-state index in [-0.39, 0.29) is 11.3 Å². The second-order valence-electron chi connectivity index (χ2n) is 5.90. The van der Waals surface area contributed by atoms with Gasteiger partial charge in [-0.25, -0.2) is 18.7 Å². The Hall–Kier alpha value is -2.04. The van der Waals surface area contributed by atoms with Crippen LogP contribution < -0.4 is 4.74 Å². The van der Waals surface area contributed by atoms with Crippen LogP contribution in [0.15, 0.2) is 18.5 Å². The molecule has 0 amide bonds. The average molecular weight is 292 g/mol. The van der Waals surface area contributed by atoms with E-state index in [0.29, 0.717) is 17.0 Å². The molecular formula is C16H18F2N2O. The molecule has 0 aliphatic rings. The van der Waals surface area contributed by atoms with Gasteiger partial charge in [0.25, 0.3) is 0 Å². The van der Waals surface area contributed by atoms with E-state index in [0.717, 1.165) is 0 Å². The molecule has 0 bridgehead atoms. The van der Waals surface area contributed by atoms with Crippen molar-refractivity contribution >= 4 is 0 Å². The first-order valence-electron chi connectivity index (χ1n) is 6.65. The Bertz CT molecular complexity index is 635. The molecule has 21 heavy (non-hydrogen) atoms. The summed E-state index contributed by atoms with van der Waals surface area (Å²) in [6.45, 7) is 8.84. The fourth-order valence-corrected chi connectivity index (χ4v) is 2.16. The Morgan fingerprint density at radius 2 is 1.38 bits per heavy atom. The van der Waals surface area contributed by atoms with E-state index in [2.05, 4.69) is 9.97 Å². The summed E-state index contributed by atoms with van der Waals surface area (Å²) < 4.78 is 34.2. The molecule has 1 aromatic heterocycles. The number of aromatic nitrogens is 2. The maximum Gasteiger partial charge on any atom is 0.137 e. The molecular weight excluding hydrogens is 274 g/mol. The molecule has 0 spiro atoms. The maximum absolute atomic E-state index is 14.4. The van der Waals surface area contributed by atoms with Crippen LogP contribution in [0.2, 0.25) is 0 Å². The molecule has 2 aromatic rings. The second kappa shape index (κ2) is 5.39. The topological polar surface area (TPSA) is 35.0 Å². The first kappa shape index (κ1) is 15.4. The normalized spacial score (nSPS) is 11.6. The SMILES string of the molecule is Cc1ncnc(C)c1-c1c(F)cc(OC(C)(C)C)cc1F. The van der Waals surface area contributed by atoms with Crippen molar-refractivity contribution in [2.75, 3.05) is 0 Å². The summed E-state index contributed by atoms with van der Waals surface area (Å²) in [6.07, 6.45) is 1.38. The van der Waals surface area contributed by atoms with Crippen molar-refractivity contribution in [2.24, 2.45) is 0 Å². The van der Waals surface area contributed by atoms with Crippen LogP contribution >= 0.6 is 0 Å². The third kappa shape index (κ3) is 3.35. The van der Waals surface area contributed by atoms with Gasteiger partial charge in [-0.3, -0.25) is 0 Å². The van der Waals surface area contributed by atoms with Gasteiger partial charge < -0.3 is 4.74 Å². The molecule has 5 heteroatoms. The molecule has 112 valence electrons. The highest BCUT2D eigenvalue weighted by atomic mass is 19.1. The van der Waals surface area contributed by atoms with Gasteiger partial charge in [-0.2, -0.15) is 0 Å². The molecule has 0 fully saturated rings. The third-order valence-electron chi connectivity index (χ3n) is 2.92. The second-order valence-corrected chi connectivity index (χ2v) is 5.90. The highest BCUT2D eigenvalue weighted by Crippen LogP contribution is 2.33. The van der Waals surface area contributed by atoms with Gasteiger partial charge in [-0.05, 0) is 34.6 Å². The molecule has 0 atom stereocenters. The minimum absolute atomic E-state index is 0.119. The summed E-state index contributed by atoms with van der Waals surface area (Å²) in [7, 11) is 0. The number of halogens is 2. The van der Waals surface area contributed by atoms with Gasteiger partial charge >= 0.3 is 0 Å². The molecule has 1 heterocycles. The number of benzene rings is 1. The number of hydrogen-bond donors (Lipinski definition) is 0. The lowest BCUT2D eigenvalue weighted by Gasteiger charge is -2.22. The van der Waals surface area contributed by atoms with Crippen molar-refractivity contribution in [1.29, 1.82) is 0 Å². The number of nitrogens with zero attached hydrogens (tertiary/aromatic N) is 2. The van der Waals surface area contributed by atoms with E-state index in [4.69, 9.17) is 4.74 Å². The lowest BCUT2D eigenvalue weighted by molar-refractivity contribution is 0.130. The van der Waals surface area contributed by atoms with Gasteiger partial charge in [0.05, 0.1) is 5.56 Å². The van der Waals surface area contributed by atoms with Gasteiger partial charge in [0.1, 0.15) is 29.3 Å². The Morgan fingerprint density at radius 1 is 0.905 bits per heavy atom. The van der Waals surface area contributed by atoms with Crippen molar-refractivity contribution in [1.82, 2.24) is 9.97 Å². The highest BCUT2D eigenvalue weighted by molar-refractivity contribution is 5.69. The Kier molecular flexibility index (Phi) is 3.94. The minimum atomic E-state index is -0.685. The monoisotopic (exact) mass is 292 g/mol. The van der Waals surface area contributed by atoms with Crippen LogP contribution in [-0.4, -0.2) is 15.6 Å². The fraction of sp³-hybridized carbons (Fsp3) is 0.375. The van der Waals surface area contributed by atoms with Crippen LogP contribution in [0, 0.1) is 25.5 Å². The van der Waals surface area contributed by atoms with E-state index < -0.39 is 17.2 Å². The number of hydrogen-bond acceptors (Lipinski definition) is 3. The van der Waals surface area contributed by atoms with Gasteiger partial charge in [-0.1, -0.05) is 0 Å². The Balaban J connectivity index is 2.57. The molecule has 0 aliphatic heterocycles. The van der Waals surface area contributed by atoms with Crippen molar-refractivity contribution in [2.45, 2.75) is 40.2 Å². The maximum atomic E-state index is 14.4. The first-order valence-corrected chi connectivity index (χ1v) is 6.65. The summed E-state index contributed by atoms with van der Waals surface area (Å²) in [5, 5.41) is 0.